The summed E-state index contributed by atoms with van der Waals surface area (Å²) in [5.74, 6) is 0. The lowest BCUT2D eigenvalue weighted by atomic mass is 9.30. The zero-order valence-electron chi connectivity index (χ0n) is 47.0. The number of anilines is 18. The highest BCUT2D eigenvalue weighted by molar-refractivity contribution is 7.03. The van der Waals surface area contributed by atoms with Gasteiger partial charge < -0.3 is 29.4 Å². The van der Waals surface area contributed by atoms with Crippen LogP contribution in [0.3, 0.4) is 0 Å². The summed E-state index contributed by atoms with van der Waals surface area (Å²) >= 11 is 0. The van der Waals surface area contributed by atoms with Crippen LogP contribution in [0.5, 0.6) is 0 Å². The molecule has 13 aromatic carbocycles. The maximum atomic E-state index is 2.62. The van der Waals surface area contributed by atoms with Crippen molar-refractivity contribution in [2.45, 2.75) is 7.43 Å². The van der Waals surface area contributed by atoms with E-state index < -0.39 is 0 Å². The van der Waals surface area contributed by atoms with Crippen molar-refractivity contribution in [3.8, 4) is 0 Å². The van der Waals surface area contributed by atoms with Gasteiger partial charge in [0.25, 0.3) is 13.4 Å². The summed E-state index contributed by atoms with van der Waals surface area (Å²) in [4.78, 5) is 15.0. The Kier molecular flexibility index (Phi) is 12.5. The minimum absolute atomic E-state index is 0. The number of hydrogen-bond acceptors (Lipinski definition) is 6. The summed E-state index contributed by atoms with van der Waals surface area (Å²) in [6, 6.07) is 120. The van der Waals surface area contributed by atoms with E-state index in [1.807, 2.05) is 0 Å². The van der Waals surface area contributed by atoms with Crippen molar-refractivity contribution < 1.29 is 0 Å². The molecule has 4 aliphatic heterocycles. The molecule has 87 heavy (non-hydrogen) atoms. The second-order valence-electron chi connectivity index (χ2n) is 22.4. The van der Waals surface area contributed by atoms with Gasteiger partial charge in [0, 0.05) is 91.0 Å². The third kappa shape index (κ3) is 8.28. The lowest BCUT2D eigenvalue weighted by Gasteiger charge is -2.47. The number of para-hydroxylation sites is 10. The van der Waals surface area contributed by atoms with E-state index in [1.165, 1.54) is 32.8 Å². The molecule has 0 aliphatic carbocycles. The van der Waals surface area contributed by atoms with E-state index in [1.54, 1.807) is 0 Å². The van der Waals surface area contributed by atoms with Gasteiger partial charge >= 0.3 is 0 Å². The third-order valence-electron chi connectivity index (χ3n) is 17.7. The highest BCUT2D eigenvalue weighted by Gasteiger charge is 2.49. The maximum absolute atomic E-state index is 2.62. The van der Waals surface area contributed by atoms with Gasteiger partial charge in [-0.25, -0.2) is 0 Å². The van der Waals surface area contributed by atoms with E-state index >= 15 is 0 Å². The molecule has 17 rings (SSSR count). The molecule has 0 unspecified atom stereocenters. The number of fused-ring (bicyclic) bond motifs is 8. The van der Waals surface area contributed by atoms with Crippen molar-refractivity contribution in [3.63, 3.8) is 0 Å². The van der Waals surface area contributed by atoms with Crippen LogP contribution >= 0.6 is 0 Å². The van der Waals surface area contributed by atoms with Gasteiger partial charge in [-0.15, -0.1) is 0 Å². The summed E-state index contributed by atoms with van der Waals surface area (Å²) in [6.07, 6.45) is 0. The first-order valence-electron chi connectivity index (χ1n) is 29.7. The van der Waals surface area contributed by atoms with Crippen LogP contribution in [0, 0.1) is 0 Å². The van der Waals surface area contributed by atoms with Crippen LogP contribution in [0.2, 0.25) is 0 Å². The Balaban J connectivity index is 0.00000612. The molecule has 0 atom stereocenters. The van der Waals surface area contributed by atoms with Gasteiger partial charge in [-0.05, 0) is 172 Å². The SMILES string of the molecule is C.c1ccc(N(c2ccccc2)c2cc3c4c(c2)N(c2ccccc2)c2cc5c(cc2B4c2ccccc2N3c2ccccc2)B2c3ccccc3N(c3ccccc3)c3cc(N(c4ccccc4)c4ccccc4)cc(c32)N5c2ccccc2)cc1. The van der Waals surface area contributed by atoms with Crippen molar-refractivity contribution >= 4 is 149 Å². The first-order valence-corrected chi connectivity index (χ1v) is 29.7. The molecule has 0 bridgehead atoms. The summed E-state index contributed by atoms with van der Waals surface area (Å²) in [5.41, 5.74) is 27.5. The number of rotatable bonds is 10. The molecule has 0 amide bonds. The standard InChI is InChI=1S/C78H54B2N6.CH4/c1-9-29-55(30-10-1)81(56-31-11-2-12-32-56)63-49-73-77-75(51-63)85(61-41-21-7-22-42-61)71-54-72-68(53-67(71)79(77)65-45-25-27-47-69(65)83(73)59-37-17-5-18-38-59)80-66-46-26-28-48-70(66)84(60-39-19-6-20-40-60)74-50-64(52-76(78(74)80)86(72)62-43-23-8-24-44-62)82(57-33-13-3-14-34-57)58-35-15-4-16-36-58;/h1-54H;1H4. The van der Waals surface area contributed by atoms with E-state index in [9.17, 15) is 0 Å². The molecule has 0 aromatic heterocycles. The molecule has 0 saturated carbocycles. The second-order valence-corrected chi connectivity index (χ2v) is 22.4. The Bertz CT molecular complexity index is 4300. The average Bonchev–Trinajstić information content (AvgIpc) is 0.707. The maximum Gasteiger partial charge on any atom is 0.252 e. The van der Waals surface area contributed by atoms with Gasteiger partial charge in [-0.2, -0.15) is 0 Å². The molecule has 6 nitrogen and oxygen atoms in total. The molecule has 0 radical (unpaired) electrons. The van der Waals surface area contributed by atoms with Crippen molar-refractivity contribution in [3.05, 3.63) is 328 Å². The Morgan fingerprint density at radius 1 is 0.195 bits per heavy atom. The Hall–Kier alpha value is -11.2. The molecule has 13 aromatic rings. The molecule has 0 fully saturated rings. The van der Waals surface area contributed by atoms with Crippen molar-refractivity contribution in [1.82, 2.24) is 0 Å². The largest absolute Gasteiger partial charge is 0.311 e. The lowest BCUT2D eigenvalue weighted by Crippen LogP contribution is -2.65. The first-order chi connectivity index (χ1) is 42.7. The molecule has 410 valence electrons. The smallest absolute Gasteiger partial charge is 0.252 e. The van der Waals surface area contributed by atoms with Crippen molar-refractivity contribution in [2.75, 3.05) is 29.4 Å². The minimum atomic E-state index is -0.147. The summed E-state index contributed by atoms with van der Waals surface area (Å²) in [7, 11) is 0. The van der Waals surface area contributed by atoms with Gasteiger partial charge in [0.05, 0.1) is 11.4 Å². The summed E-state index contributed by atoms with van der Waals surface area (Å²) in [6.45, 7) is -0.295. The Labute approximate surface area is 510 Å². The highest BCUT2D eigenvalue weighted by atomic mass is 15.2. The van der Waals surface area contributed by atoms with Gasteiger partial charge in [0.15, 0.2) is 0 Å². The summed E-state index contributed by atoms with van der Waals surface area (Å²) < 4.78 is 0. The molecule has 0 saturated heterocycles. The predicted molar refractivity (Wildman–Crippen MR) is 371 cm³/mol. The van der Waals surface area contributed by atoms with Crippen molar-refractivity contribution in [1.29, 1.82) is 0 Å². The van der Waals surface area contributed by atoms with Gasteiger partial charge in [-0.1, -0.05) is 195 Å². The normalized spacial score (nSPS) is 12.8. The van der Waals surface area contributed by atoms with E-state index in [2.05, 4.69) is 357 Å². The van der Waals surface area contributed by atoms with E-state index in [4.69, 9.17) is 0 Å². The van der Waals surface area contributed by atoms with Crippen molar-refractivity contribution in [2.24, 2.45) is 0 Å². The average molecular weight is 1110 g/mol. The van der Waals surface area contributed by atoms with E-state index in [0.29, 0.717) is 0 Å². The molecule has 4 aliphatic rings. The van der Waals surface area contributed by atoms with E-state index in [-0.39, 0.29) is 20.9 Å². The first kappa shape index (κ1) is 51.4. The number of nitrogens with zero attached hydrogens (tertiary/aromatic N) is 6. The lowest BCUT2D eigenvalue weighted by molar-refractivity contribution is 1.21. The van der Waals surface area contributed by atoms with Crippen LogP contribution in [0.25, 0.3) is 0 Å². The van der Waals surface area contributed by atoms with Gasteiger partial charge in [0.2, 0.25) is 0 Å². The van der Waals surface area contributed by atoms with Gasteiger partial charge in [-0.3, -0.25) is 0 Å². The molecular formula is C79H58B2N6. The monoisotopic (exact) mass is 1110 g/mol. The Morgan fingerprint density at radius 2 is 0.437 bits per heavy atom. The zero-order chi connectivity index (χ0) is 56.7. The van der Waals surface area contributed by atoms with Crippen LogP contribution < -0.4 is 62.2 Å². The van der Waals surface area contributed by atoms with E-state index in [0.717, 1.165) is 102 Å². The third-order valence-corrected chi connectivity index (χ3v) is 17.7. The quantitative estimate of drug-likeness (QED) is 0.126. The topological polar surface area (TPSA) is 19.4 Å². The van der Waals surface area contributed by atoms with Crippen LogP contribution in [0.1, 0.15) is 7.43 Å². The molecule has 4 heterocycles. The fourth-order valence-electron chi connectivity index (χ4n) is 14.2. The molecule has 0 spiro atoms. The van der Waals surface area contributed by atoms with Gasteiger partial charge in [0.1, 0.15) is 0 Å². The zero-order valence-corrected chi connectivity index (χ0v) is 47.0. The summed E-state index contributed by atoms with van der Waals surface area (Å²) in [5, 5.41) is 0. The van der Waals surface area contributed by atoms with Crippen LogP contribution in [0.4, 0.5) is 102 Å². The Morgan fingerprint density at radius 3 is 0.724 bits per heavy atom. The number of hydrogen-bond donors (Lipinski definition) is 0. The van der Waals surface area contributed by atoms with Crippen LogP contribution in [-0.2, 0) is 0 Å². The second kappa shape index (κ2) is 21.1. The van der Waals surface area contributed by atoms with Crippen LogP contribution in [0.15, 0.2) is 328 Å². The van der Waals surface area contributed by atoms with Crippen LogP contribution in [-0.4, -0.2) is 13.4 Å². The minimum Gasteiger partial charge on any atom is -0.311 e. The highest BCUT2D eigenvalue weighted by Crippen LogP contribution is 2.52. The fraction of sp³-hybridized carbons (Fsp3) is 0.0127. The molecule has 0 N–H and O–H groups in total. The molecular weight excluding hydrogens is 1050 g/mol. The fourth-order valence-corrected chi connectivity index (χ4v) is 14.2. The predicted octanol–water partition coefficient (Wildman–Crippen LogP) is 17.4. The molecule has 8 heteroatoms. The number of benzene rings is 13.